The Hall–Kier alpha value is -2.58. The average Bonchev–Trinajstić information content (AvgIpc) is 3.04. The van der Waals surface area contributed by atoms with E-state index in [1.807, 2.05) is 0 Å². The topological polar surface area (TPSA) is 61.4 Å². The lowest BCUT2D eigenvalue weighted by Crippen LogP contribution is -2.20. The van der Waals surface area contributed by atoms with Crippen molar-refractivity contribution in [3.63, 3.8) is 0 Å². The highest BCUT2D eigenvalue weighted by Gasteiger charge is 2.30. The highest BCUT2D eigenvalue weighted by atomic mass is 19.4. The number of aromatic nitrogens is 3. The van der Waals surface area contributed by atoms with Gasteiger partial charge in [-0.3, -0.25) is 9.48 Å². The molecule has 25 heavy (non-hydrogen) atoms. The molecule has 2 aromatic heterocycles. The summed E-state index contributed by atoms with van der Waals surface area (Å²) < 4.78 is 40.5. The minimum atomic E-state index is -4.35. The Bertz CT molecular complexity index is 803. The highest BCUT2D eigenvalue weighted by molar-refractivity contribution is 5.99. The van der Waals surface area contributed by atoms with Gasteiger partial charge in [-0.15, -0.1) is 0 Å². The predicted molar refractivity (Wildman–Crippen MR) is 85.7 cm³/mol. The van der Waals surface area contributed by atoms with Crippen molar-refractivity contribution in [3.8, 4) is 0 Å². The molecule has 0 aromatic carbocycles. The van der Waals surface area contributed by atoms with Crippen LogP contribution in [0, 0.1) is 13.8 Å². The fraction of sp³-hybridized carbons (Fsp3) is 0.438. The smallest absolute Gasteiger partial charge is 0.387 e. The first-order valence-corrected chi connectivity index (χ1v) is 7.50. The maximum atomic E-state index is 12.6. The van der Waals surface area contributed by atoms with Crippen molar-refractivity contribution in [2.24, 2.45) is 12.2 Å². The monoisotopic (exact) mass is 356 g/mol. The van der Waals surface area contributed by atoms with Crippen LogP contribution in [0.25, 0.3) is 0 Å². The van der Waals surface area contributed by atoms with Crippen LogP contribution >= 0.6 is 0 Å². The standard InChI is InChI=1S/C16H19F3N4O2/c1-10-5-14(12(3)23(10)9-16(17,18)19)15(24)8-25-21-11(2)13-6-20-22(4)7-13/h5-7H,8-9H2,1-4H3/b21-11-. The van der Waals surface area contributed by atoms with Gasteiger partial charge in [0, 0.05) is 35.8 Å². The van der Waals surface area contributed by atoms with Gasteiger partial charge in [-0.05, 0) is 26.8 Å². The molecule has 2 aromatic rings. The summed E-state index contributed by atoms with van der Waals surface area (Å²) in [6.45, 7) is 3.24. The van der Waals surface area contributed by atoms with Gasteiger partial charge in [0.15, 0.2) is 6.61 Å². The number of nitrogens with zero attached hydrogens (tertiary/aromatic N) is 4. The minimum Gasteiger partial charge on any atom is -0.387 e. The zero-order valence-corrected chi connectivity index (χ0v) is 14.4. The molecule has 2 heterocycles. The van der Waals surface area contributed by atoms with E-state index >= 15 is 0 Å². The van der Waals surface area contributed by atoms with Crippen molar-refractivity contribution in [1.82, 2.24) is 14.3 Å². The van der Waals surface area contributed by atoms with Crippen LogP contribution in [-0.2, 0) is 18.4 Å². The van der Waals surface area contributed by atoms with Gasteiger partial charge in [0.2, 0.25) is 5.78 Å². The molecule has 0 N–H and O–H groups in total. The van der Waals surface area contributed by atoms with Gasteiger partial charge in [-0.1, -0.05) is 5.16 Å². The summed E-state index contributed by atoms with van der Waals surface area (Å²) in [6, 6.07) is 1.43. The van der Waals surface area contributed by atoms with Gasteiger partial charge >= 0.3 is 6.18 Å². The van der Waals surface area contributed by atoms with Gasteiger partial charge < -0.3 is 9.40 Å². The van der Waals surface area contributed by atoms with Crippen molar-refractivity contribution in [2.75, 3.05) is 6.61 Å². The fourth-order valence-electron chi connectivity index (χ4n) is 2.43. The summed E-state index contributed by atoms with van der Waals surface area (Å²) in [4.78, 5) is 17.3. The van der Waals surface area contributed by atoms with Gasteiger partial charge in [-0.2, -0.15) is 18.3 Å². The van der Waals surface area contributed by atoms with Gasteiger partial charge in [-0.25, -0.2) is 0 Å². The van der Waals surface area contributed by atoms with E-state index in [0.717, 1.165) is 10.1 Å². The van der Waals surface area contributed by atoms with Crippen LogP contribution in [-0.4, -0.2) is 38.6 Å². The van der Waals surface area contributed by atoms with Crippen molar-refractivity contribution in [2.45, 2.75) is 33.5 Å². The number of aryl methyl sites for hydroxylation is 2. The Kier molecular flexibility index (Phi) is 5.34. The lowest BCUT2D eigenvalue weighted by molar-refractivity contribution is -0.141. The van der Waals surface area contributed by atoms with Crippen LogP contribution in [0.15, 0.2) is 23.6 Å². The Morgan fingerprint density at radius 2 is 2.04 bits per heavy atom. The molecule has 0 saturated carbocycles. The molecule has 0 radical (unpaired) electrons. The number of hydrogen-bond donors (Lipinski definition) is 0. The number of hydrogen-bond acceptors (Lipinski definition) is 4. The third kappa shape index (κ3) is 4.71. The van der Waals surface area contributed by atoms with Crippen molar-refractivity contribution in [3.05, 3.63) is 41.0 Å². The normalized spacial score (nSPS) is 12.5. The molecule has 0 spiro atoms. The Morgan fingerprint density at radius 3 is 2.60 bits per heavy atom. The Balaban J connectivity index is 2.05. The highest BCUT2D eigenvalue weighted by Crippen LogP contribution is 2.23. The molecule has 9 heteroatoms. The van der Waals surface area contributed by atoms with Crippen LogP contribution in [0.3, 0.4) is 0 Å². The Morgan fingerprint density at radius 1 is 1.36 bits per heavy atom. The molecule has 2 rings (SSSR count). The number of rotatable bonds is 6. The molecule has 136 valence electrons. The number of Topliss-reactive ketones (excluding diaryl/α,β-unsaturated/α-hetero) is 1. The number of carbonyl (C=O) groups is 1. The third-order valence-electron chi connectivity index (χ3n) is 3.73. The van der Waals surface area contributed by atoms with E-state index in [1.165, 1.54) is 19.9 Å². The van der Waals surface area contributed by atoms with E-state index in [9.17, 15) is 18.0 Å². The number of carbonyl (C=O) groups excluding carboxylic acids is 1. The van der Waals surface area contributed by atoms with E-state index < -0.39 is 18.5 Å². The summed E-state index contributed by atoms with van der Waals surface area (Å²) in [5.41, 5.74) is 2.13. The van der Waals surface area contributed by atoms with Gasteiger partial charge in [0.05, 0.1) is 11.9 Å². The number of alkyl halides is 3. The second kappa shape index (κ2) is 7.12. The van der Waals surface area contributed by atoms with Gasteiger partial charge in [0.1, 0.15) is 6.54 Å². The van der Waals surface area contributed by atoms with Crippen LogP contribution < -0.4 is 0 Å². The summed E-state index contributed by atoms with van der Waals surface area (Å²) in [5.74, 6) is -0.427. The SMILES string of the molecule is C/C(=N/OCC(=O)c1cc(C)n(CC(F)(F)F)c1C)c1cnn(C)c1. The molecule has 0 saturated heterocycles. The zero-order chi connectivity index (χ0) is 18.8. The number of oxime groups is 1. The van der Waals surface area contributed by atoms with Gasteiger partial charge in [0.25, 0.3) is 0 Å². The second-order valence-electron chi connectivity index (χ2n) is 5.76. The second-order valence-corrected chi connectivity index (χ2v) is 5.76. The first-order valence-electron chi connectivity index (χ1n) is 7.50. The van der Waals surface area contributed by atoms with Crippen LogP contribution in [0.1, 0.15) is 34.2 Å². The summed E-state index contributed by atoms with van der Waals surface area (Å²) >= 11 is 0. The molecule has 0 amide bonds. The summed E-state index contributed by atoms with van der Waals surface area (Å²) in [7, 11) is 1.76. The fourth-order valence-corrected chi connectivity index (χ4v) is 2.43. The largest absolute Gasteiger partial charge is 0.406 e. The molecule has 0 fully saturated rings. The molecular formula is C16H19F3N4O2. The molecule has 0 atom stereocenters. The minimum absolute atomic E-state index is 0.205. The van der Waals surface area contributed by atoms with Crippen LogP contribution in [0.4, 0.5) is 13.2 Å². The molecule has 6 nitrogen and oxygen atoms in total. The molecule has 0 unspecified atom stereocenters. The van der Waals surface area contributed by atoms with E-state index in [2.05, 4.69) is 10.3 Å². The summed E-state index contributed by atoms with van der Waals surface area (Å²) in [5, 5.41) is 7.85. The van der Waals surface area contributed by atoms with Crippen molar-refractivity contribution < 1.29 is 22.8 Å². The Labute approximate surface area is 142 Å². The van der Waals surface area contributed by atoms with E-state index in [0.29, 0.717) is 11.4 Å². The average molecular weight is 356 g/mol. The lowest BCUT2D eigenvalue weighted by atomic mass is 10.1. The van der Waals surface area contributed by atoms with E-state index in [4.69, 9.17) is 4.84 Å². The first-order chi connectivity index (χ1) is 11.6. The molecule has 0 aliphatic carbocycles. The predicted octanol–water partition coefficient (Wildman–Crippen LogP) is 3.02. The van der Waals surface area contributed by atoms with Crippen molar-refractivity contribution in [1.29, 1.82) is 0 Å². The third-order valence-corrected chi connectivity index (χ3v) is 3.73. The molecule has 0 aliphatic heterocycles. The summed E-state index contributed by atoms with van der Waals surface area (Å²) in [6.07, 6.45) is -1.000. The van der Waals surface area contributed by atoms with E-state index in [-0.39, 0.29) is 17.9 Å². The maximum Gasteiger partial charge on any atom is 0.406 e. The molecule has 0 bridgehead atoms. The zero-order valence-electron chi connectivity index (χ0n) is 14.4. The quantitative estimate of drug-likeness (QED) is 0.454. The van der Waals surface area contributed by atoms with Crippen molar-refractivity contribution >= 4 is 11.5 Å². The number of halogens is 3. The molecular weight excluding hydrogens is 337 g/mol. The molecule has 0 aliphatic rings. The van der Waals surface area contributed by atoms with E-state index in [1.54, 1.807) is 31.0 Å². The first kappa shape index (κ1) is 18.8. The number of ketones is 1. The maximum absolute atomic E-state index is 12.6. The lowest BCUT2D eigenvalue weighted by Gasteiger charge is -2.12. The van der Waals surface area contributed by atoms with Crippen LogP contribution in [0.5, 0.6) is 0 Å². The van der Waals surface area contributed by atoms with Crippen LogP contribution in [0.2, 0.25) is 0 Å².